The topological polar surface area (TPSA) is 97.4 Å². The average Bonchev–Trinajstić information content (AvgIpc) is 3.07. The minimum absolute atomic E-state index is 0.00882. The van der Waals surface area contributed by atoms with Crippen LogP contribution in [0.3, 0.4) is 0 Å². The number of piperazine rings is 1. The summed E-state index contributed by atoms with van der Waals surface area (Å²) in [5, 5.41) is 3.15. The van der Waals surface area contributed by atoms with Crippen LogP contribution in [0.25, 0.3) is 17.2 Å². The zero-order valence-corrected chi connectivity index (χ0v) is 27.8. The molecule has 1 N–H and O–H groups in total. The van der Waals surface area contributed by atoms with Crippen LogP contribution in [0.1, 0.15) is 61.5 Å². The molecular weight excluding hydrogens is 594 g/mol. The van der Waals surface area contributed by atoms with Gasteiger partial charge < -0.3 is 29.3 Å². The van der Waals surface area contributed by atoms with Gasteiger partial charge in [0.15, 0.2) is 12.1 Å². The molecule has 5 rings (SSSR count). The number of benzene rings is 3. The smallest absolute Gasteiger partial charge is 0.410 e. The van der Waals surface area contributed by atoms with E-state index in [0.29, 0.717) is 44.0 Å². The number of nitrogens with one attached hydrogen (secondary N) is 1. The van der Waals surface area contributed by atoms with Gasteiger partial charge in [-0.05, 0) is 94.0 Å². The highest BCUT2D eigenvalue weighted by molar-refractivity contribution is 6.06. The molecule has 1 atom stereocenters. The van der Waals surface area contributed by atoms with Gasteiger partial charge >= 0.3 is 6.09 Å². The van der Waals surface area contributed by atoms with E-state index >= 15 is 0 Å². The van der Waals surface area contributed by atoms with Gasteiger partial charge in [-0.2, -0.15) is 0 Å². The zero-order valence-electron chi connectivity index (χ0n) is 27.8. The third kappa shape index (κ3) is 9.53. The molecule has 2 aliphatic heterocycles. The van der Waals surface area contributed by atoms with Gasteiger partial charge in [-0.25, -0.2) is 4.79 Å². The van der Waals surface area contributed by atoms with E-state index in [1.165, 1.54) is 0 Å². The summed E-state index contributed by atoms with van der Waals surface area (Å²) in [6.07, 6.45) is 5.63. The predicted molar refractivity (Wildman–Crippen MR) is 185 cm³/mol. The second kappa shape index (κ2) is 15.4. The lowest BCUT2D eigenvalue weighted by molar-refractivity contribution is -0.167. The zero-order chi connectivity index (χ0) is 33.4. The molecule has 2 amide bonds. The van der Waals surface area contributed by atoms with Gasteiger partial charge in [0.05, 0.1) is 5.69 Å². The largest absolute Gasteiger partial charge is 0.444 e. The van der Waals surface area contributed by atoms with Crippen LogP contribution >= 0.6 is 0 Å². The van der Waals surface area contributed by atoms with Crippen molar-refractivity contribution in [1.29, 1.82) is 0 Å². The van der Waals surface area contributed by atoms with Crippen LogP contribution in [0, 0.1) is 6.92 Å². The summed E-state index contributed by atoms with van der Waals surface area (Å²) in [6.45, 7) is 10.6. The summed E-state index contributed by atoms with van der Waals surface area (Å²) in [5.41, 5.74) is 5.41. The first kappa shape index (κ1) is 33.9. The third-order valence-electron chi connectivity index (χ3n) is 8.14. The fourth-order valence-corrected chi connectivity index (χ4v) is 5.67. The number of hydrogen-bond acceptors (Lipinski definition) is 7. The molecule has 2 saturated heterocycles. The summed E-state index contributed by atoms with van der Waals surface area (Å²) < 4.78 is 16.7. The Kier molecular flexibility index (Phi) is 11.1. The quantitative estimate of drug-likeness (QED) is 0.250. The number of aryl methyl sites for hydroxylation is 1. The summed E-state index contributed by atoms with van der Waals surface area (Å²) in [7, 11) is 0. The van der Waals surface area contributed by atoms with Crippen molar-refractivity contribution >= 4 is 35.2 Å². The fraction of sp³-hybridized carbons (Fsp3) is 0.395. The maximum Gasteiger partial charge on any atom is 0.410 e. The Hall–Kier alpha value is -4.47. The van der Waals surface area contributed by atoms with Crippen LogP contribution in [0.2, 0.25) is 0 Å². The molecule has 2 aliphatic rings. The summed E-state index contributed by atoms with van der Waals surface area (Å²) in [6, 6.07) is 21.2. The van der Waals surface area contributed by atoms with Crippen LogP contribution in [0.15, 0.2) is 72.8 Å². The van der Waals surface area contributed by atoms with Crippen molar-refractivity contribution in [3.05, 3.63) is 89.5 Å². The average molecular weight is 640 g/mol. The number of rotatable bonds is 9. The molecule has 0 bridgehead atoms. The first-order valence-corrected chi connectivity index (χ1v) is 16.3. The Morgan fingerprint density at radius 3 is 2.36 bits per heavy atom. The monoisotopic (exact) mass is 639 g/mol. The highest BCUT2D eigenvalue weighted by atomic mass is 16.7. The van der Waals surface area contributed by atoms with Crippen LogP contribution < -0.4 is 10.2 Å². The van der Waals surface area contributed by atoms with Gasteiger partial charge in [-0.3, -0.25) is 9.59 Å². The van der Waals surface area contributed by atoms with Crippen LogP contribution in [-0.2, 0) is 19.0 Å². The number of anilines is 2. The minimum Gasteiger partial charge on any atom is -0.444 e. The Bertz CT molecular complexity index is 1580. The molecule has 9 nitrogen and oxygen atoms in total. The van der Waals surface area contributed by atoms with Crippen molar-refractivity contribution in [2.45, 2.75) is 58.8 Å². The number of carbonyl (C=O) groups excluding carboxylic acids is 3. The number of carbonyl (C=O) groups is 3. The van der Waals surface area contributed by atoms with E-state index in [0.717, 1.165) is 47.2 Å². The van der Waals surface area contributed by atoms with Crippen molar-refractivity contribution in [3.8, 4) is 11.1 Å². The second-order valence-electron chi connectivity index (χ2n) is 13.0. The molecular formula is C38H45N3O6. The van der Waals surface area contributed by atoms with Gasteiger partial charge in [0.1, 0.15) is 12.2 Å². The van der Waals surface area contributed by atoms with Crippen LogP contribution in [0.5, 0.6) is 0 Å². The first-order valence-electron chi connectivity index (χ1n) is 16.3. The molecule has 1 unspecified atom stereocenters. The molecule has 2 heterocycles. The van der Waals surface area contributed by atoms with E-state index in [1.807, 2.05) is 76.2 Å². The Morgan fingerprint density at radius 1 is 0.936 bits per heavy atom. The van der Waals surface area contributed by atoms with E-state index in [9.17, 15) is 14.4 Å². The molecule has 248 valence electrons. The molecule has 47 heavy (non-hydrogen) atoms. The predicted octanol–water partition coefficient (Wildman–Crippen LogP) is 7.10. The first-order chi connectivity index (χ1) is 22.6. The molecule has 0 aliphatic carbocycles. The van der Waals surface area contributed by atoms with Crippen LogP contribution in [-0.4, -0.2) is 74.0 Å². The van der Waals surface area contributed by atoms with Crippen molar-refractivity contribution in [1.82, 2.24) is 4.90 Å². The molecule has 3 aromatic carbocycles. The van der Waals surface area contributed by atoms with Gasteiger partial charge in [-0.1, -0.05) is 48.5 Å². The molecule has 0 saturated carbocycles. The highest BCUT2D eigenvalue weighted by Gasteiger charge is 2.26. The van der Waals surface area contributed by atoms with Crippen molar-refractivity contribution in [2.24, 2.45) is 0 Å². The van der Waals surface area contributed by atoms with E-state index in [4.69, 9.17) is 14.2 Å². The third-order valence-corrected chi connectivity index (χ3v) is 8.14. The van der Waals surface area contributed by atoms with E-state index in [-0.39, 0.29) is 30.7 Å². The van der Waals surface area contributed by atoms with Gasteiger partial charge in [-0.15, -0.1) is 0 Å². The summed E-state index contributed by atoms with van der Waals surface area (Å²) in [5.74, 6) is -0.315. The standard InChI is InChI=1S/C38H45N3O6/c1-27-24-28(13-16-31(42)26-46-35-12-8-9-23-45-35)14-17-32(27)33-18-15-30(25-34(33)39-36(43)29-10-6-5-7-11-29)40-19-21-41(22-20-40)37(44)47-38(2,3)4/h5-7,10-11,13-18,24-25,35H,8-9,12,19-23,26H2,1-4H3,(H,39,43)/b16-13+. The lowest BCUT2D eigenvalue weighted by atomic mass is 9.96. The number of hydrogen-bond donors (Lipinski definition) is 1. The van der Waals surface area contributed by atoms with Crippen molar-refractivity contribution in [2.75, 3.05) is 49.6 Å². The Balaban J connectivity index is 1.32. The fourth-order valence-electron chi connectivity index (χ4n) is 5.67. The number of ether oxygens (including phenoxy) is 3. The molecule has 0 aromatic heterocycles. The van der Waals surface area contributed by atoms with Gasteiger partial charge in [0.25, 0.3) is 5.91 Å². The van der Waals surface area contributed by atoms with Gasteiger partial charge in [0, 0.05) is 49.6 Å². The second-order valence-corrected chi connectivity index (χ2v) is 13.0. The van der Waals surface area contributed by atoms with Crippen LogP contribution in [0.4, 0.5) is 16.2 Å². The van der Waals surface area contributed by atoms with E-state index in [1.54, 1.807) is 29.2 Å². The Morgan fingerprint density at radius 2 is 1.68 bits per heavy atom. The molecule has 3 aromatic rings. The van der Waals surface area contributed by atoms with Crippen molar-refractivity contribution in [3.63, 3.8) is 0 Å². The lowest BCUT2D eigenvalue weighted by Crippen LogP contribution is -2.50. The van der Waals surface area contributed by atoms with E-state index < -0.39 is 5.60 Å². The number of ketones is 1. The normalized spacial score (nSPS) is 17.1. The lowest BCUT2D eigenvalue weighted by Gasteiger charge is -2.37. The van der Waals surface area contributed by atoms with E-state index in [2.05, 4.69) is 16.3 Å². The minimum atomic E-state index is -0.543. The summed E-state index contributed by atoms with van der Waals surface area (Å²) >= 11 is 0. The molecule has 9 heteroatoms. The van der Waals surface area contributed by atoms with Crippen molar-refractivity contribution < 1.29 is 28.6 Å². The molecule has 2 fully saturated rings. The number of amides is 2. The molecule has 0 spiro atoms. The summed E-state index contributed by atoms with van der Waals surface area (Å²) in [4.78, 5) is 42.3. The maximum atomic E-state index is 13.3. The SMILES string of the molecule is Cc1cc(/C=C/C(=O)COC2CCCCO2)ccc1-c1ccc(N2CCN(C(=O)OC(C)(C)C)CC2)cc1NC(=O)c1ccccc1. The molecule has 0 radical (unpaired) electrons. The Labute approximate surface area is 277 Å². The van der Waals surface area contributed by atoms with Gasteiger partial charge in [0.2, 0.25) is 0 Å². The maximum absolute atomic E-state index is 13.3. The highest BCUT2D eigenvalue weighted by Crippen LogP contribution is 2.35. The number of nitrogens with zero attached hydrogens (tertiary/aromatic N) is 2.